The Morgan fingerprint density at radius 2 is 1.91 bits per heavy atom. The van der Waals surface area contributed by atoms with Crippen LogP contribution in [0.25, 0.3) is 21.5 Å². The van der Waals surface area contributed by atoms with Crippen LogP contribution in [0.3, 0.4) is 0 Å². The van der Waals surface area contributed by atoms with E-state index < -0.39 is 5.63 Å². The fourth-order valence-electron chi connectivity index (χ4n) is 3.79. The number of fused-ring (bicyclic) bond motifs is 1. The third-order valence-electron chi connectivity index (χ3n) is 5.49. The van der Waals surface area contributed by atoms with E-state index >= 15 is 0 Å². The molecule has 5 rings (SSSR count). The summed E-state index contributed by atoms with van der Waals surface area (Å²) in [5, 5.41) is 11.3. The number of hydrogen-bond acceptors (Lipinski definition) is 8. The minimum absolute atomic E-state index is 0.0271. The molecule has 0 saturated carbocycles. The molecule has 0 aliphatic carbocycles. The molecule has 32 heavy (non-hydrogen) atoms. The standard InChI is InChI=1S/C23H20N4O4S/c1-30-18-5-2-4-15-14-16(23(29)31-21(15)18)22(28)27-11-9-26(10-12-27)20-8-7-17(24-25-20)19-6-3-13-32-19/h2-8,13-14H,9-12H2,1H3. The van der Waals surface area contributed by atoms with E-state index in [1.807, 2.05) is 29.6 Å². The predicted molar refractivity (Wildman–Crippen MR) is 122 cm³/mol. The van der Waals surface area contributed by atoms with Gasteiger partial charge in [-0.1, -0.05) is 18.2 Å². The summed E-state index contributed by atoms with van der Waals surface area (Å²) >= 11 is 1.62. The second-order valence-corrected chi connectivity index (χ2v) is 8.31. The second kappa shape index (κ2) is 8.43. The quantitative estimate of drug-likeness (QED) is 0.443. The maximum atomic E-state index is 13.0. The Kier molecular flexibility index (Phi) is 5.32. The van der Waals surface area contributed by atoms with Crippen molar-refractivity contribution in [1.29, 1.82) is 0 Å². The molecule has 1 aromatic carbocycles. The summed E-state index contributed by atoms with van der Waals surface area (Å²) in [5.74, 6) is 0.899. The van der Waals surface area contributed by atoms with Gasteiger partial charge in [-0.25, -0.2) is 4.79 Å². The number of hydrogen-bond donors (Lipinski definition) is 0. The Balaban J connectivity index is 1.29. The predicted octanol–water partition coefficient (Wildman–Crippen LogP) is 3.28. The Morgan fingerprint density at radius 1 is 1.06 bits per heavy atom. The highest BCUT2D eigenvalue weighted by atomic mass is 32.1. The number of amides is 1. The van der Waals surface area contributed by atoms with Crippen LogP contribution in [0.15, 0.2) is 63.1 Å². The second-order valence-electron chi connectivity index (χ2n) is 7.36. The van der Waals surface area contributed by atoms with Gasteiger partial charge in [0.1, 0.15) is 11.3 Å². The highest BCUT2D eigenvalue weighted by Gasteiger charge is 2.26. The summed E-state index contributed by atoms with van der Waals surface area (Å²) in [7, 11) is 1.51. The molecule has 1 aliphatic rings. The minimum Gasteiger partial charge on any atom is -0.493 e. The van der Waals surface area contributed by atoms with Crippen molar-refractivity contribution in [2.24, 2.45) is 0 Å². The number of thiophene rings is 1. The molecule has 0 unspecified atom stereocenters. The summed E-state index contributed by atoms with van der Waals surface area (Å²) < 4.78 is 10.6. The fourth-order valence-corrected chi connectivity index (χ4v) is 4.48. The number of aromatic nitrogens is 2. The monoisotopic (exact) mass is 448 g/mol. The summed E-state index contributed by atoms with van der Waals surface area (Å²) in [5.41, 5.74) is 0.548. The van der Waals surface area contributed by atoms with Crippen molar-refractivity contribution in [3.63, 3.8) is 0 Å². The van der Waals surface area contributed by atoms with Crippen molar-refractivity contribution in [2.45, 2.75) is 0 Å². The molecule has 9 heteroatoms. The number of rotatable bonds is 4. The molecule has 0 N–H and O–H groups in total. The van der Waals surface area contributed by atoms with Gasteiger partial charge in [-0.05, 0) is 35.7 Å². The zero-order chi connectivity index (χ0) is 22.1. The van der Waals surface area contributed by atoms with Crippen molar-refractivity contribution in [3.05, 3.63) is 69.9 Å². The topological polar surface area (TPSA) is 88.8 Å². The van der Waals surface area contributed by atoms with E-state index in [4.69, 9.17) is 9.15 Å². The van der Waals surface area contributed by atoms with Crippen LogP contribution in [0.4, 0.5) is 5.82 Å². The maximum Gasteiger partial charge on any atom is 0.349 e. The number of carbonyl (C=O) groups is 1. The number of carbonyl (C=O) groups excluding carboxylic acids is 1. The number of para-hydroxylation sites is 1. The minimum atomic E-state index is -0.663. The van der Waals surface area contributed by atoms with Gasteiger partial charge in [-0.3, -0.25) is 4.79 Å². The molecule has 4 heterocycles. The van der Waals surface area contributed by atoms with Crippen LogP contribution in [0.2, 0.25) is 0 Å². The number of piperazine rings is 1. The van der Waals surface area contributed by atoms with Gasteiger partial charge in [0.05, 0.1) is 12.0 Å². The van der Waals surface area contributed by atoms with Gasteiger partial charge in [0, 0.05) is 31.6 Å². The van der Waals surface area contributed by atoms with Gasteiger partial charge in [-0.2, -0.15) is 0 Å². The van der Waals surface area contributed by atoms with Crippen molar-refractivity contribution >= 4 is 34.0 Å². The van der Waals surface area contributed by atoms with Gasteiger partial charge >= 0.3 is 5.63 Å². The number of nitrogens with zero attached hydrogens (tertiary/aromatic N) is 4. The van der Waals surface area contributed by atoms with Gasteiger partial charge in [0.15, 0.2) is 17.2 Å². The maximum absolute atomic E-state index is 13.0. The van der Waals surface area contributed by atoms with E-state index in [1.165, 1.54) is 7.11 Å². The lowest BCUT2D eigenvalue weighted by molar-refractivity contribution is 0.0742. The third kappa shape index (κ3) is 3.71. The summed E-state index contributed by atoms with van der Waals surface area (Å²) in [6, 6.07) is 14.8. The highest BCUT2D eigenvalue weighted by Crippen LogP contribution is 2.26. The van der Waals surface area contributed by atoms with Crippen LogP contribution in [0.5, 0.6) is 5.75 Å². The Morgan fingerprint density at radius 3 is 2.59 bits per heavy atom. The summed E-state index contributed by atoms with van der Waals surface area (Å²) in [6.45, 7) is 2.16. The molecule has 8 nitrogen and oxygen atoms in total. The molecular weight excluding hydrogens is 428 g/mol. The molecule has 1 fully saturated rings. The molecule has 0 atom stereocenters. The molecule has 1 amide bonds. The molecule has 4 aromatic rings. The number of ether oxygens (including phenoxy) is 1. The first kappa shape index (κ1) is 20.2. The average Bonchev–Trinajstić information content (AvgIpc) is 3.38. The zero-order valence-electron chi connectivity index (χ0n) is 17.4. The molecular formula is C23H20N4O4S. The fraction of sp³-hybridized carbons (Fsp3) is 0.217. The smallest absolute Gasteiger partial charge is 0.349 e. The first-order valence-electron chi connectivity index (χ1n) is 10.2. The van der Waals surface area contributed by atoms with E-state index in [-0.39, 0.29) is 11.5 Å². The molecule has 0 bridgehead atoms. The van der Waals surface area contributed by atoms with Crippen molar-refractivity contribution < 1.29 is 13.9 Å². The summed E-state index contributed by atoms with van der Waals surface area (Å²) in [4.78, 5) is 30.4. The van der Waals surface area contributed by atoms with Crippen LogP contribution in [-0.2, 0) is 0 Å². The van der Waals surface area contributed by atoms with Crippen LogP contribution < -0.4 is 15.3 Å². The molecule has 162 valence electrons. The van der Waals surface area contributed by atoms with Gasteiger partial charge in [0.2, 0.25) is 0 Å². The normalized spacial score (nSPS) is 14.0. The van der Waals surface area contributed by atoms with Gasteiger partial charge < -0.3 is 19.0 Å². The number of anilines is 1. The van der Waals surface area contributed by atoms with E-state index in [0.717, 1.165) is 16.4 Å². The third-order valence-corrected chi connectivity index (χ3v) is 6.38. The van der Waals surface area contributed by atoms with Crippen molar-refractivity contribution in [2.75, 3.05) is 38.2 Å². The number of benzene rings is 1. The van der Waals surface area contributed by atoms with Crippen LogP contribution in [-0.4, -0.2) is 54.3 Å². The first-order valence-corrected chi connectivity index (χ1v) is 11.0. The van der Waals surface area contributed by atoms with Crippen molar-refractivity contribution in [1.82, 2.24) is 15.1 Å². The van der Waals surface area contributed by atoms with Crippen LogP contribution in [0.1, 0.15) is 10.4 Å². The molecule has 0 spiro atoms. The largest absolute Gasteiger partial charge is 0.493 e. The lowest BCUT2D eigenvalue weighted by atomic mass is 10.1. The van der Waals surface area contributed by atoms with E-state index in [1.54, 1.807) is 40.5 Å². The molecule has 1 saturated heterocycles. The van der Waals surface area contributed by atoms with E-state index in [2.05, 4.69) is 15.1 Å². The molecule has 0 radical (unpaired) electrons. The lowest BCUT2D eigenvalue weighted by Gasteiger charge is -2.35. The Labute approximate surface area is 187 Å². The Hall–Kier alpha value is -3.72. The number of methoxy groups -OCH3 is 1. The summed E-state index contributed by atoms with van der Waals surface area (Å²) in [6.07, 6.45) is 0. The van der Waals surface area contributed by atoms with Gasteiger partial charge in [-0.15, -0.1) is 21.5 Å². The highest BCUT2D eigenvalue weighted by molar-refractivity contribution is 7.13. The zero-order valence-corrected chi connectivity index (χ0v) is 18.2. The lowest BCUT2D eigenvalue weighted by Crippen LogP contribution is -2.49. The van der Waals surface area contributed by atoms with Crippen LogP contribution in [0, 0.1) is 0 Å². The van der Waals surface area contributed by atoms with Crippen molar-refractivity contribution in [3.8, 4) is 16.3 Å². The SMILES string of the molecule is COc1cccc2cc(C(=O)N3CCN(c4ccc(-c5cccs5)nn4)CC3)c(=O)oc12. The Bertz CT molecular complexity index is 1310. The molecule has 1 aliphatic heterocycles. The molecule has 3 aromatic heterocycles. The van der Waals surface area contributed by atoms with Gasteiger partial charge in [0.25, 0.3) is 5.91 Å². The van der Waals surface area contributed by atoms with E-state index in [9.17, 15) is 9.59 Å². The average molecular weight is 449 g/mol. The first-order chi connectivity index (χ1) is 15.6. The van der Waals surface area contributed by atoms with Crippen LogP contribution >= 0.6 is 11.3 Å². The van der Waals surface area contributed by atoms with E-state index in [0.29, 0.717) is 42.9 Å².